The minimum Gasteiger partial charge on any atom is -0.453 e. The van der Waals surface area contributed by atoms with Gasteiger partial charge in [-0.1, -0.05) is 12.1 Å². The Labute approximate surface area is 90.3 Å². The van der Waals surface area contributed by atoms with Gasteiger partial charge in [0.1, 0.15) is 0 Å². The molecular formula is C11H7NO2S. The second kappa shape index (κ2) is 3.10. The highest BCUT2D eigenvalue weighted by atomic mass is 32.1. The third-order valence-corrected chi connectivity index (χ3v) is 2.95. The molecule has 4 heteroatoms. The monoisotopic (exact) mass is 217 g/mol. The van der Waals surface area contributed by atoms with Crippen molar-refractivity contribution in [3.63, 3.8) is 0 Å². The highest BCUT2D eigenvalue weighted by Crippen LogP contribution is 2.36. The summed E-state index contributed by atoms with van der Waals surface area (Å²) in [7, 11) is 0. The van der Waals surface area contributed by atoms with Crippen LogP contribution < -0.4 is 10.1 Å². The Morgan fingerprint density at radius 2 is 2.00 bits per heavy atom. The van der Waals surface area contributed by atoms with Crippen molar-refractivity contribution in [3.8, 4) is 11.5 Å². The Morgan fingerprint density at radius 1 is 1.13 bits per heavy atom. The van der Waals surface area contributed by atoms with Gasteiger partial charge in [-0.2, -0.15) is 0 Å². The van der Waals surface area contributed by atoms with Crippen molar-refractivity contribution in [3.05, 3.63) is 40.6 Å². The Hall–Kier alpha value is -1.81. The van der Waals surface area contributed by atoms with Gasteiger partial charge in [-0.25, -0.2) is 0 Å². The van der Waals surface area contributed by atoms with Crippen LogP contribution in [-0.4, -0.2) is 5.91 Å². The van der Waals surface area contributed by atoms with E-state index < -0.39 is 0 Å². The number of hydrogen-bond acceptors (Lipinski definition) is 3. The van der Waals surface area contributed by atoms with E-state index in [-0.39, 0.29) is 5.91 Å². The van der Waals surface area contributed by atoms with Crippen LogP contribution in [0.1, 0.15) is 10.4 Å². The predicted molar refractivity (Wildman–Crippen MR) is 58.8 cm³/mol. The molecular weight excluding hydrogens is 210 g/mol. The molecule has 0 bridgehead atoms. The molecule has 1 aliphatic rings. The van der Waals surface area contributed by atoms with Gasteiger partial charge in [0.2, 0.25) is 0 Å². The van der Waals surface area contributed by atoms with Crippen LogP contribution in [-0.2, 0) is 0 Å². The van der Waals surface area contributed by atoms with Gasteiger partial charge in [0.25, 0.3) is 5.91 Å². The van der Waals surface area contributed by atoms with Gasteiger partial charge in [-0.3, -0.25) is 4.79 Å². The fourth-order valence-electron chi connectivity index (χ4n) is 1.50. The average molecular weight is 217 g/mol. The van der Waals surface area contributed by atoms with Crippen LogP contribution in [0.2, 0.25) is 0 Å². The lowest BCUT2D eigenvalue weighted by molar-refractivity contribution is 0.102. The van der Waals surface area contributed by atoms with Crippen molar-refractivity contribution >= 4 is 22.9 Å². The average Bonchev–Trinajstić information content (AvgIpc) is 2.64. The number of benzene rings is 1. The number of carbonyl (C=O) groups is 1. The molecule has 0 fully saturated rings. The molecule has 0 unspecified atom stereocenters. The van der Waals surface area contributed by atoms with Crippen LogP contribution >= 0.6 is 11.3 Å². The topological polar surface area (TPSA) is 38.3 Å². The first-order valence-electron chi connectivity index (χ1n) is 4.49. The molecule has 0 saturated carbocycles. The second-order valence-corrected chi connectivity index (χ2v) is 3.95. The van der Waals surface area contributed by atoms with E-state index in [4.69, 9.17) is 4.74 Å². The smallest absolute Gasteiger partial charge is 0.260 e. The first-order valence-corrected chi connectivity index (χ1v) is 5.43. The van der Waals surface area contributed by atoms with Gasteiger partial charge in [0.05, 0.1) is 11.3 Å². The van der Waals surface area contributed by atoms with Crippen molar-refractivity contribution in [1.82, 2.24) is 0 Å². The molecule has 2 heterocycles. The van der Waals surface area contributed by atoms with Gasteiger partial charge in [0.15, 0.2) is 11.5 Å². The molecule has 3 rings (SSSR count). The highest BCUT2D eigenvalue weighted by molar-refractivity contribution is 7.08. The van der Waals surface area contributed by atoms with E-state index >= 15 is 0 Å². The van der Waals surface area contributed by atoms with E-state index in [1.54, 1.807) is 5.38 Å². The Kier molecular flexibility index (Phi) is 1.76. The summed E-state index contributed by atoms with van der Waals surface area (Å²) in [5.74, 6) is 1.20. The van der Waals surface area contributed by atoms with E-state index in [2.05, 4.69) is 5.32 Å². The number of amides is 1. The molecule has 1 aliphatic heterocycles. The highest BCUT2D eigenvalue weighted by Gasteiger charge is 2.20. The maximum absolute atomic E-state index is 11.7. The van der Waals surface area contributed by atoms with Crippen molar-refractivity contribution in [2.24, 2.45) is 0 Å². The molecule has 0 atom stereocenters. The van der Waals surface area contributed by atoms with Gasteiger partial charge in [0, 0.05) is 10.8 Å². The summed E-state index contributed by atoms with van der Waals surface area (Å²) in [4.78, 5) is 11.7. The number of ether oxygens (including phenoxy) is 1. The molecule has 0 aliphatic carbocycles. The molecule has 1 aromatic heterocycles. The Bertz CT molecular complexity index is 533. The zero-order chi connectivity index (χ0) is 10.3. The molecule has 74 valence electrons. The lowest BCUT2D eigenvalue weighted by atomic mass is 10.3. The van der Waals surface area contributed by atoms with Crippen molar-refractivity contribution in [1.29, 1.82) is 0 Å². The Balaban J connectivity index is 2.18. The lowest BCUT2D eigenvalue weighted by Crippen LogP contribution is -2.09. The summed E-state index contributed by atoms with van der Waals surface area (Å²) >= 11 is 1.46. The molecule has 1 amide bonds. The molecule has 0 saturated heterocycles. The van der Waals surface area contributed by atoms with Crippen LogP contribution in [0.25, 0.3) is 0 Å². The number of hydrogen-bond donors (Lipinski definition) is 1. The van der Waals surface area contributed by atoms with E-state index in [1.165, 1.54) is 11.3 Å². The van der Waals surface area contributed by atoms with E-state index in [9.17, 15) is 4.79 Å². The van der Waals surface area contributed by atoms with Gasteiger partial charge >= 0.3 is 0 Å². The molecule has 3 nitrogen and oxygen atoms in total. The molecule has 1 N–H and O–H groups in total. The number of carbonyl (C=O) groups excluding carboxylic acids is 1. The van der Waals surface area contributed by atoms with Crippen LogP contribution in [0.15, 0.2) is 35.0 Å². The summed E-state index contributed by atoms with van der Waals surface area (Å²) < 4.78 is 5.64. The molecule has 1 aromatic carbocycles. The van der Waals surface area contributed by atoms with Crippen molar-refractivity contribution < 1.29 is 9.53 Å². The lowest BCUT2D eigenvalue weighted by Gasteiger charge is -2.05. The first-order chi connectivity index (χ1) is 7.34. The first kappa shape index (κ1) is 8.49. The summed E-state index contributed by atoms with van der Waals surface area (Å²) in [5.41, 5.74) is 1.31. The largest absolute Gasteiger partial charge is 0.453 e. The maximum atomic E-state index is 11.7. The maximum Gasteiger partial charge on any atom is 0.260 e. The Morgan fingerprint density at radius 3 is 2.93 bits per heavy atom. The van der Waals surface area contributed by atoms with Crippen molar-refractivity contribution in [2.45, 2.75) is 0 Å². The number of anilines is 1. The number of thiophene rings is 1. The van der Waals surface area contributed by atoms with Crippen LogP contribution in [0.3, 0.4) is 0 Å². The quantitative estimate of drug-likeness (QED) is 0.736. The zero-order valence-corrected chi connectivity index (χ0v) is 8.51. The summed E-state index contributed by atoms with van der Waals surface area (Å²) in [6.45, 7) is 0. The number of nitrogens with one attached hydrogen (secondary N) is 1. The molecule has 0 radical (unpaired) electrons. The summed E-state index contributed by atoms with van der Waals surface area (Å²) in [6.07, 6.45) is 0. The van der Waals surface area contributed by atoms with Gasteiger partial charge in [-0.05, 0) is 12.1 Å². The van der Waals surface area contributed by atoms with Crippen LogP contribution in [0, 0.1) is 0 Å². The summed E-state index contributed by atoms with van der Waals surface area (Å²) in [6, 6.07) is 7.40. The number of fused-ring (bicyclic) bond motifs is 2. The number of rotatable bonds is 0. The van der Waals surface area contributed by atoms with Crippen LogP contribution in [0.4, 0.5) is 5.69 Å². The van der Waals surface area contributed by atoms with Crippen molar-refractivity contribution in [2.75, 3.05) is 5.32 Å². The van der Waals surface area contributed by atoms with E-state index in [0.717, 1.165) is 0 Å². The normalized spacial score (nSPS) is 13.2. The third-order valence-electron chi connectivity index (χ3n) is 2.23. The predicted octanol–water partition coefficient (Wildman–Crippen LogP) is 3.11. The summed E-state index contributed by atoms with van der Waals surface area (Å²) in [5, 5.41) is 6.43. The molecule has 15 heavy (non-hydrogen) atoms. The fourth-order valence-corrected chi connectivity index (χ4v) is 2.22. The fraction of sp³-hybridized carbons (Fsp3) is 0. The molecule has 2 aromatic rings. The van der Waals surface area contributed by atoms with Gasteiger partial charge in [-0.15, -0.1) is 11.3 Å². The van der Waals surface area contributed by atoms with Crippen LogP contribution in [0.5, 0.6) is 11.5 Å². The minimum absolute atomic E-state index is 0.115. The van der Waals surface area contributed by atoms with Gasteiger partial charge < -0.3 is 10.1 Å². The van der Waals surface area contributed by atoms with E-state index in [0.29, 0.717) is 22.7 Å². The number of para-hydroxylation sites is 2. The minimum atomic E-state index is -0.115. The molecule has 0 spiro atoms. The second-order valence-electron chi connectivity index (χ2n) is 3.20. The zero-order valence-electron chi connectivity index (χ0n) is 7.69. The standard InChI is InChI=1S/C11H7NO2S/c13-11-7-5-15-6-10(7)14-9-4-2-1-3-8(9)12-11/h1-6H,(H,12,13). The third kappa shape index (κ3) is 1.30. The van der Waals surface area contributed by atoms with E-state index in [1.807, 2.05) is 29.6 Å². The SMILES string of the molecule is O=C1Nc2ccccc2Oc2cscc21.